The third-order valence-electron chi connectivity index (χ3n) is 5.43. The van der Waals surface area contributed by atoms with E-state index in [2.05, 4.69) is 4.72 Å². The first-order valence-corrected chi connectivity index (χ1v) is 12.7. The van der Waals surface area contributed by atoms with Gasteiger partial charge in [-0.3, -0.25) is 4.72 Å². The SMILES string of the molecule is COc1cc(-c2c(C)cc(-c3ccc(O)cc3)c(C)c2NS(C)(=O)=O)ccc1OCC=C(C)C. The second kappa shape index (κ2) is 10.2. The number of benzene rings is 3. The molecule has 0 atom stereocenters. The molecule has 0 spiro atoms. The van der Waals surface area contributed by atoms with Gasteiger partial charge in [0.1, 0.15) is 12.4 Å². The molecular weight excluding hydrogens is 450 g/mol. The molecule has 0 aromatic heterocycles. The molecule has 2 N–H and O–H groups in total. The zero-order valence-electron chi connectivity index (χ0n) is 20.4. The monoisotopic (exact) mass is 481 g/mol. The Balaban J connectivity index is 2.18. The summed E-state index contributed by atoms with van der Waals surface area (Å²) in [6.45, 7) is 8.27. The number of phenols is 1. The van der Waals surface area contributed by atoms with Gasteiger partial charge in [-0.2, -0.15) is 0 Å². The molecule has 180 valence electrons. The number of allylic oxidation sites excluding steroid dienone is 1. The molecule has 6 nitrogen and oxygen atoms in total. The zero-order valence-corrected chi connectivity index (χ0v) is 21.2. The summed E-state index contributed by atoms with van der Waals surface area (Å²) in [5, 5.41) is 9.66. The maximum absolute atomic E-state index is 12.3. The lowest BCUT2D eigenvalue weighted by Crippen LogP contribution is -2.13. The molecule has 0 saturated carbocycles. The lowest BCUT2D eigenvalue weighted by Gasteiger charge is -2.21. The van der Waals surface area contributed by atoms with Crippen LogP contribution in [-0.4, -0.2) is 33.5 Å². The molecule has 0 aliphatic heterocycles. The largest absolute Gasteiger partial charge is 0.508 e. The summed E-state index contributed by atoms with van der Waals surface area (Å²) < 4.78 is 38.7. The average Bonchev–Trinajstić information content (AvgIpc) is 2.76. The number of aromatic hydroxyl groups is 1. The first kappa shape index (κ1) is 25.2. The van der Waals surface area contributed by atoms with Gasteiger partial charge in [0.25, 0.3) is 0 Å². The number of hydrogen-bond donors (Lipinski definition) is 2. The molecule has 7 heteroatoms. The van der Waals surface area contributed by atoms with Gasteiger partial charge in [-0.05, 0) is 85.9 Å². The van der Waals surface area contributed by atoms with Gasteiger partial charge in [0.2, 0.25) is 10.0 Å². The number of ether oxygens (including phenoxy) is 2. The van der Waals surface area contributed by atoms with E-state index in [1.807, 2.05) is 70.2 Å². The molecule has 0 amide bonds. The summed E-state index contributed by atoms with van der Waals surface area (Å²) in [4.78, 5) is 0. The van der Waals surface area contributed by atoms with Crippen LogP contribution < -0.4 is 14.2 Å². The van der Waals surface area contributed by atoms with E-state index in [4.69, 9.17) is 9.47 Å². The Morgan fingerprint density at radius 1 is 1.00 bits per heavy atom. The van der Waals surface area contributed by atoms with Crippen LogP contribution in [0.2, 0.25) is 0 Å². The Morgan fingerprint density at radius 2 is 1.65 bits per heavy atom. The third-order valence-corrected chi connectivity index (χ3v) is 6.01. The van der Waals surface area contributed by atoms with Crippen molar-refractivity contribution in [3.8, 4) is 39.5 Å². The first-order valence-electron chi connectivity index (χ1n) is 10.9. The summed E-state index contributed by atoms with van der Waals surface area (Å²) in [6, 6.07) is 14.4. The minimum absolute atomic E-state index is 0.170. The predicted molar refractivity (Wildman–Crippen MR) is 138 cm³/mol. The van der Waals surface area contributed by atoms with Crippen molar-refractivity contribution in [3.05, 3.63) is 71.3 Å². The highest BCUT2D eigenvalue weighted by molar-refractivity contribution is 7.92. The fourth-order valence-electron chi connectivity index (χ4n) is 3.78. The number of nitrogens with one attached hydrogen (secondary N) is 1. The van der Waals surface area contributed by atoms with Crippen LogP contribution in [0.4, 0.5) is 5.69 Å². The van der Waals surface area contributed by atoms with Crippen LogP contribution in [0.1, 0.15) is 25.0 Å². The van der Waals surface area contributed by atoms with Crippen LogP contribution in [0, 0.1) is 13.8 Å². The van der Waals surface area contributed by atoms with Crippen LogP contribution in [-0.2, 0) is 10.0 Å². The molecule has 3 rings (SSSR count). The van der Waals surface area contributed by atoms with E-state index in [-0.39, 0.29) is 5.75 Å². The number of anilines is 1. The molecule has 3 aromatic rings. The Bertz CT molecular complexity index is 1320. The van der Waals surface area contributed by atoms with Gasteiger partial charge in [-0.1, -0.05) is 29.8 Å². The lowest BCUT2D eigenvalue weighted by atomic mass is 9.89. The first-order chi connectivity index (χ1) is 16.0. The number of methoxy groups -OCH3 is 1. The summed E-state index contributed by atoms with van der Waals surface area (Å²) in [5.74, 6) is 1.34. The van der Waals surface area contributed by atoms with E-state index in [0.29, 0.717) is 23.8 Å². The van der Waals surface area contributed by atoms with Gasteiger partial charge in [-0.15, -0.1) is 0 Å². The second-order valence-corrected chi connectivity index (χ2v) is 10.2. The number of hydrogen-bond acceptors (Lipinski definition) is 5. The molecular formula is C27H31NO5S. The van der Waals surface area contributed by atoms with Crippen LogP contribution in [0.5, 0.6) is 17.2 Å². The highest BCUT2D eigenvalue weighted by Crippen LogP contribution is 2.42. The molecule has 3 aromatic carbocycles. The van der Waals surface area contributed by atoms with Gasteiger partial charge < -0.3 is 14.6 Å². The quantitative estimate of drug-likeness (QED) is 0.382. The zero-order chi connectivity index (χ0) is 25.0. The van der Waals surface area contributed by atoms with Crippen molar-refractivity contribution in [2.24, 2.45) is 0 Å². The van der Waals surface area contributed by atoms with Crippen molar-refractivity contribution >= 4 is 15.7 Å². The molecule has 34 heavy (non-hydrogen) atoms. The molecule has 0 aliphatic rings. The molecule has 0 heterocycles. The Hall–Kier alpha value is -3.45. The highest BCUT2D eigenvalue weighted by Gasteiger charge is 2.20. The van der Waals surface area contributed by atoms with E-state index in [1.165, 1.54) is 0 Å². The molecule has 0 unspecified atom stereocenters. The van der Waals surface area contributed by atoms with Gasteiger partial charge in [0, 0.05) is 5.56 Å². The normalized spacial score (nSPS) is 11.1. The summed E-state index contributed by atoms with van der Waals surface area (Å²) >= 11 is 0. The van der Waals surface area contributed by atoms with Crippen molar-refractivity contribution in [1.29, 1.82) is 0 Å². The Kier molecular flexibility index (Phi) is 7.57. The van der Waals surface area contributed by atoms with E-state index >= 15 is 0 Å². The van der Waals surface area contributed by atoms with Gasteiger partial charge >= 0.3 is 0 Å². The number of rotatable bonds is 8. The Labute approximate surface area is 201 Å². The van der Waals surface area contributed by atoms with Crippen molar-refractivity contribution in [2.75, 3.05) is 24.7 Å². The number of phenolic OH excluding ortho intramolecular Hbond substituents is 1. The maximum atomic E-state index is 12.3. The number of sulfonamides is 1. The van der Waals surface area contributed by atoms with E-state index in [0.717, 1.165) is 45.2 Å². The minimum Gasteiger partial charge on any atom is -0.508 e. The lowest BCUT2D eigenvalue weighted by molar-refractivity contribution is 0.326. The average molecular weight is 482 g/mol. The standard InChI is InChI=1S/C27H31NO5S/c1-17(2)13-14-33-24-12-9-21(16-25(24)32-5)26-18(3)15-23(20-7-10-22(29)11-8-20)19(4)27(26)28-34(6,30)31/h7-13,15-16,28-29H,14H2,1-6H3. The van der Waals surface area contributed by atoms with Crippen LogP contribution in [0.15, 0.2) is 60.2 Å². The van der Waals surface area contributed by atoms with E-state index in [1.54, 1.807) is 19.2 Å². The molecule has 0 saturated heterocycles. The van der Waals surface area contributed by atoms with Crippen molar-refractivity contribution in [3.63, 3.8) is 0 Å². The predicted octanol–water partition coefficient (Wildman–Crippen LogP) is 6.07. The van der Waals surface area contributed by atoms with Gasteiger partial charge in [0.05, 0.1) is 19.1 Å². The summed E-state index contributed by atoms with van der Waals surface area (Å²) in [7, 11) is -1.97. The topological polar surface area (TPSA) is 84.9 Å². The minimum atomic E-state index is -3.55. The fourth-order valence-corrected chi connectivity index (χ4v) is 4.41. The van der Waals surface area contributed by atoms with Gasteiger partial charge in [-0.25, -0.2) is 8.42 Å². The second-order valence-electron chi connectivity index (χ2n) is 8.50. The van der Waals surface area contributed by atoms with Gasteiger partial charge in [0.15, 0.2) is 11.5 Å². The van der Waals surface area contributed by atoms with Crippen LogP contribution in [0.25, 0.3) is 22.3 Å². The smallest absolute Gasteiger partial charge is 0.229 e. The van der Waals surface area contributed by atoms with Crippen molar-refractivity contribution < 1.29 is 23.0 Å². The molecule has 0 aliphatic carbocycles. The molecule has 0 radical (unpaired) electrons. The maximum Gasteiger partial charge on any atom is 0.229 e. The molecule has 0 bridgehead atoms. The summed E-state index contributed by atoms with van der Waals surface area (Å²) in [5.41, 5.74) is 6.65. The van der Waals surface area contributed by atoms with E-state index < -0.39 is 10.0 Å². The summed E-state index contributed by atoms with van der Waals surface area (Å²) in [6.07, 6.45) is 3.12. The van der Waals surface area contributed by atoms with Crippen molar-refractivity contribution in [2.45, 2.75) is 27.7 Å². The van der Waals surface area contributed by atoms with E-state index in [9.17, 15) is 13.5 Å². The highest BCUT2D eigenvalue weighted by atomic mass is 32.2. The van der Waals surface area contributed by atoms with Crippen LogP contribution in [0.3, 0.4) is 0 Å². The third kappa shape index (κ3) is 5.91. The fraction of sp³-hybridized carbons (Fsp3) is 0.259. The van der Waals surface area contributed by atoms with Crippen molar-refractivity contribution in [1.82, 2.24) is 0 Å². The van der Waals surface area contributed by atoms with Crippen LogP contribution >= 0.6 is 0 Å². The molecule has 0 fully saturated rings. The number of aryl methyl sites for hydroxylation is 1. The Morgan fingerprint density at radius 3 is 2.24 bits per heavy atom.